The van der Waals surface area contributed by atoms with E-state index in [1.54, 1.807) is 6.07 Å². The Balaban J connectivity index is 2.39. The van der Waals surface area contributed by atoms with Crippen molar-refractivity contribution >= 4 is 23.2 Å². The third kappa shape index (κ3) is 1.49. The van der Waals surface area contributed by atoms with Gasteiger partial charge in [-0.05, 0) is 30.4 Å². The highest BCUT2D eigenvalue weighted by Gasteiger charge is 2.26. The molecule has 3 heteroatoms. The highest BCUT2D eigenvalue weighted by molar-refractivity contribution is 6.32. The van der Waals surface area contributed by atoms with Gasteiger partial charge < -0.3 is 0 Å². The molecule has 11 heavy (non-hydrogen) atoms. The monoisotopic (exact) mass is 187 g/mol. The number of aromatic nitrogens is 1. The summed E-state index contributed by atoms with van der Waals surface area (Å²) >= 11 is 11.5. The van der Waals surface area contributed by atoms with Crippen LogP contribution in [-0.2, 0) is 0 Å². The maximum Gasteiger partial charge on any atom is 0.134 e. The molecule has 0 saturated heterocycles. The standard InChI is InChI=1S/C8H7Cl2N/c9-7-4-3-6(5-1-2-5)8(10)11-7/h3-5H,1-2H2. The number of rotatable bonds is 1. The minimum atomic E-state index is 0.472. The van der Waals surface area contributed by atoms with Crippen molar-refractivity contribution in [3.05, 3.63) is 28.0 Å². The summed E-state index contributed by atoms with van der Waals surface area (Å²) in [6.45, 7) is 0. The Morgan fingerprint density at radius 1 is 1.27 bits per heavy atom. The molecule has 0 atom stereocenters. The molecule has 1 heterocycles. The maximum absolute atomic E-state index is 5.87. The van der Waals surface area contributed by atoms with Crippen molar-refractivity contribution in [1.82, 2.24) is 4.98 Å². The van der Waals surface area contributed by atoms with E-state index in [0.717, 1.165) is 5.56 Å². The highest BCUT2D eigenvalue weighted by Crippen LogP contribution is 2.42. The Labute approximate surface area is 75.3 Å². The fourth-order valence-corrected chi connectivity index (χ4v) is 1.62. The zero-order chi connectivity index (χ0) is 7.84. The van der Waals surface area contributed by atoms with E-state index in [1.165, 1.54) is 12.8 Å². The Hall–Kier alpha value is -0.270. The van der Waals surface area contributed by atoms with Gasteiger partial charge in [-0.3, -0.25) is 0 Å². The molecule has 1 aliphatic rings. The van der Waals surface area contributed by atoms with E-state index < -0.39 is 0 Å². The molecule has 2 rings (SSSR count). The molecule has 1 aromatic rings. The van der Waals surface area contributed by atoms with Gasteiger partial charge in [0.05, 0.1) is 0 Å². The van der Waals surface area contributed by atoms with Gasteiger partial charge in [0.25, 0.3) is 0 Å². The molecule has 1 nitrogen and oxygen atoms in total. The van der Waals surface area contributed by atoms with Gasteiger partial charge >= 0.3 is 0 Å². The van der Waals surface area contributed by atoms with Gasteiger partial charge in [-0.1, -0.05) is 29.3 Å². The van der Waals surface area contributed by atoms with Gasteiger partial charge in [-0.2, -0.15) is 0 Å². The van der Waals surface area contributed by atoms with E-state index >= 15 is 0 Å². The van der Waals surface area contributed by atoms with E-state index in [0.29, 0.717) is 16.2 Å². The highest BCUT2D eigenvalue weighted by atomic mass is 35.5. The summed E-state index contributed by atoms with van der Waals surface area (Å²) in [4.78, 5) is 3.97. The number of nitrogens with zero attached hydrogens (tertiary/aromatic N) is 1. The maximum atomic E-state index is 5.87. The number of pyridine rings is 1. The van der Waals surface area contributed by atoms with Gasteiger partial charge in [0.1, 0.15) is 10.3 Å². The van der Waals surface area contributed by atoms with Crippen LogP contribution >= 0.6 is 23.2 Å². The van der Waals surface area contributed by atoms with Crippen molar-refractivity contribution < 1.29 is 0 Å². The van der Waals surface area contributed by atoms with Gasteiger partial charge in [-0.15, -0.1) is 0 Å². The summed E-state index contributed by atoms with van der Waals surface area (Å²) in [5.74, 6) is 0.646. The topological polar surface area (TPSA) is 12.9 Å². The third-order valence-corrected chi connectivity index (χ3v) is 2.37. The molecule has 0 N–H and O–H groups in total. The lowest BCUT2D eigenvalue weighted by Crippen LogP contribution is -1.84. The van der Waals surface area contributed by atoms with Crippen LogP contribution in [0.5, 0.6) is 0 Å². The van der Waals surface area contributed by atoms with E-state index in [-0.39, 0.29) is 0 Å². The largest absolute Gasteiger partial charge is 0.224 e. The summed E-state index contributed by atoms with van der Waals surface area (Å²) in [6, 6.07) is 3.76. The molecule has 0 unspecified atom stereocenters. The minimum absolute atomic E-state index is 0.472. The minimum Gasteiger partial charge on any atom is -0.224 e. The van der Waals surface area contributed by atoms with Crippen LogP contribution in [0.25, 0.3) is 0 Å². The average molecular weight is 188 g/mol. The molecule has 0 aliphatic heterocycles. The van der Waals surface area contributed by atoms with Crippen LogP contribution in [0.15, 0.2) is 12.1 Å². The normalized spacial score (nSPS) is 16.9. The average Bonchev–Trinajstić information content (AvgIpc) is 2.70. The predicted molar refractivity (Wildman–Crippen MR) is 46.2 cm³/mol. The van der Waals surface area contributed by atoms with Crippen molar-refractivity contribution in [2.45, 2.75) is 18.8 Å². The van der Waals surface area contributed by atoms with Crippen molar-refractivity contribution in [3.8, 4) is 0 Å². The molecule has 1 fully saturated rings. The van der Waals surface area contributed by atoms with Crippen LogP contribution in [0.3, 0.4) is 0 Å². The smallest absolute Gasteiger partial charge is 0.134 e. The lowest BCUT2D eigenvalue weighted by atomic mass is 10.2. The molecule has 1 saturated carbocycles. The van der Waals surface area contributed by atoms with Crippen molar-refractivity contribution in [3.63, 3.8) is 0 Å². The molecular formula is C8H7Cl2N. The third-order valence-electron chi connectivity index (χ3n) is 1.86. The van der Waals surface area contributed by atoms with Crippen LogP contribution in [0.4, 0.5) is 0 Å². The fourth-order valence-electron chi connectivity index (χ4n) is 1.12. The van der Waals surface area contributed by atoms with Gasteiger partial charge in [0.2, 0.25) is 0 Å². The van der Waals surface area contributed by atoms with Crippen molar-refractivity contribution in [1.29, 1.82) is 0 Å². The second-order valence-electron chi connectivity index (χ2n) is 2.79. The Bertz CT molecular complexity index is 281. The van der Waals surface area contributed by atoms with Crippen LogP contribution in [0.1, 0.15) is 24.3 Å². The molecule has 0 amide bonds. The van der Waals surface area contributed by atoms with E-state index in [1.807, 2.05) is 6.07 Å². The first-order valence-electron chi connectivity index (χ1n) is 3.59. The summed E-state index contributed by atoms with van der Waals surface area (Å²) in [5.41, 5.74) is 1.15. The zero-order valence-electron chi connectivity index (χ0n) is 5.85. The summed E-state index contributed by atoms with van der Waals surface area (Å²) < 4.78 is 0. The van der Waals surface area contributed by atoms with Crippen LogP contribution in [0.2, 0.25) is 10.3 Å². The number of hydrogen-bond donors (Lipinski definition) is 0. The summed E-state index contributed by atoms with van der Waals surface area (Å²) in [7, 11) is 0. The molecule has 0 spiro atoms. The second kappa shape index (κ2) is 2.65. The lowest BCUT2D eigenvalue weighted by Gasteiger charge is -1.99. The van der Waals surface area contributed by atoms with Crippen LogP contribution < -0.4 is 0 Å². The Morgan fingerprint density at radius 2 is 2.00 bits per heavy atom. The molecule has 0 aromatic carbocycles. The fraction of sp³-hybridized carbons (Fsp3) is 0.375. The summed E-state index contributed by atoms with van der Waals surface area (Å²) in [5, 5.41) is 1.04. The van der Waals surface area contributed by atoms with Crippen LogP contribution in [0, 0.1) is 0 Å². The van der Waals surface area contributed by atoms with E-state index in [9.17, 15) is 0 Å². The van der Waals surface area contributed by atoms with E-state index in [4.69, 9.17) is 23.2 Å². The molecule has 1 aromatic heterocycles. The summed E-state index contributed by atoms with van der Waals surface area (Å²) in [6.07, 6.45) is 2.48. The SMILES string of the molecule is Clc1ccc(C2CC2)c(Cl)n1. The van der Waals surface area contributed by atoms with Crippen LogP contribution in [-0.4, -0.2) is 4.98 Å². The quantitative estimate of drug-likeness (QED) is 0.616. The first-order chi connectivity index (χ1) is 5.27. The number of hydrogen-bond acceptors (Lipinski definition) is 1. The van der Waals surface area contributed by atoms with Gasteiger partial charge in [0, 0.05) is 0 Å². The molecule has 58 valence electrons. The first-order valence-corrected chi connectivity index (χ1v) is 4.35. The number of halogens is 2. The Morgan fingerprint density at radius 3 is 2.55 bits per heavy atom. The Kier molecular flexibility index (Phi) is 1.78. The second-order valence-corrected chi connectivity index (χ2v) is 3.53. The molecule has 0 radical (unpaired) electrons. The van der Waals surface area contributed by atoms with Gasteiger partial charge in [-0.25, -0.2) is 4.98 Å². The molecular weight excluding hydrogens is 181 g/mol. The van der Waals surface area contributed by atoms with Gasteiger partial charge in [0.15, 0.2) is 0 Å². The molecule has 0 bridgehead atoms. The first kappa shape index (κ1) is 7.38. The van der Waals surface area contributed by atoms with Crippen molar-refractivity contribution in [2.75, 3.05) is 0 Å². The van der Waals surface area contributed by atoms with Crippen molar-refractivity contribution in [2.24, 2.45) is 0 Å². The van der Waals surface area contributed by atoms with E-state index in [2.05, 4.69) is 4.98 Å². The predicted octanol–water partition coefficient (Wildman–Crippen LogP) is 3.27. The lowest BCUT2D eigenvalue weighted by molar-refractivity contribution is 1.09. The zero-order valence-corrected chi connectivity index (χ0v) is 7.36. The molecule has 1 aliphatic carbocycles.